The van der Waals surface area contributed by atoms with Gasteiger partial charge in [0.25, 0.3) is 5.91 Å². The number of aromatic nitrogens is 4. The summed E-state index contributed by atoms with van der Waals surface area (Å²) in [4.78, 5) is 11.3. The van der Waals surface area contributed by atoms with Crippen LogP contribution in [-0.2, 0) is 0 Å². The monoisotopic (exact) mass is 203 g/mol. The summed E-state index contributed by atoms with van der Waals surface area (Å²) in [5.74, 6) is 0.396. The van der Waals surface area contributed by atoms with Gasteiger partial charge in [0.2, 0.25) is 5.82 Å². The molecule has 0 radical (unpaired) electrons. The highest BCUT2D eigenvalue weighted by molar-refractivity contribution is 5.94. The molecule has 2 aromatic rings. The normalized spacial score (nSPS) is 9.93. The van der Waals surface area contributed by atoms with E-state index in [1.54, 1.807) is 31.3 Å². The van der Waals surface area contributed by atoms with E-state index < -0.39 is 0 Å². The van der Waals surface area contributed by atoms with Crippen LogP contribution in [-0.4, -0.2) is 33.6 Å². The molecule has 0 atom stereocenters. The Morgan fingerprint density at radius 3 is 2.60 bits per heavy atom. The van der Waals surface area contributed by atoms with Crippen molar-refractivity contribution in [3.05, 3.63) is 29.8 Å². The lowest BCUT2D eigenvalue weighted by Gasteiger charge is -1.99. The second-order valence-corrected chi connectivity index (χ2v) is 2.89. The highest BCUT2D eigenvalue weighted by atomic mass is 16.1. The van der Waals surface area contributed by atoms with E-state index in [1.807, 2.05) is 0 Å². The third-order valence-electron chi connectivity index (χ3n) is 1.98. The second kappa shape index (κ2) is 3.87. The number of nitrogens with one attached hydrogen (secondary N) is 2. The van der Waals surface area contributed by atoms with Crippen LogP contribution in [0.1, 0.15) is 10.4 Å². The Morgan fingerprint density at radius 1 is 1.33 bits per heavy atom. The Labute approximate surface area is 85.7 Å². The van der Waals surface area contributed by atoms with Crippen molar-refractivity contribution >= 4 is 5.91 Å². The van der Waals surface area contributed by atoms with Gasteiger partial charge in [-0.15, -0.1) is 10.2 Å². The molecule has 1 aromatic heterocycles. The van der Waals surface area contributed by atoms with Crippen LogP contribution in [0.2, 0.25) is 0 Å². The molecule has 76 valence electrons. The molecular formula is C9H9N5O. The Bertz CT molecular complexity index is 448. The molecule has 1 amide bonds. The minimum Gasteiger partial charge on any atom is -0.355 e. The van der Waals surface area contributed by atoms with Crippen molar-refractivity contribution in [2.24, 2.45) is 0 Å². The Balaban J connectivity index is 2.29. The summed E-state index contributed by atoms with van der Waals surface area (Å²) >= 11 is 0. The zero-order valence-corrected chi connectivity index (χ0v) is 8.06. The smallest absolute Gasteiger partial charge is 0.251 e. The molecule has 15 heavy (non-hydrogen) atoms. The predicted octanol–water partition coefficient (Wildman–Crippen LogP) is 0.226. The maximum Gasteiger partial charge on any atom is 0.251 e. The van der Waals surface area contributed by atoms with Gasteiger partial charge in [-0.2, -0.15) is 5.21 Å². The van der Waals surface area contributed by atoms with Gasteiger partial charge < -0.3 is 5.32 Å². The van der Waals surface area contributed by atoms with Gasteiger partial charge in [-0.1, -0.05) is 12.1 Å². The van der Waals surface area contributed by atoms with Crippen molar-refractivity contribution in [3.63, 3.8) is 0 Å². The van der Waals surface area contributed by atoms with Crippen molar-refractivity contribution in [1.82, 2.24) is 25.9 Å². The fraction of sp³-hybridized carbons (Fsp3) is 0.111. The molecular weight excluding hydrogens is 194 g/mol. The molecule has 1 aromatic carbocycles. The number of hydrogen-bond donors (Lipinski definition) is 2. The van der Waals surface area contributed by atoms with Crippen molar-refractivity contribution in [2.45, 2.75) is 0 Å². The zero-order chi connectivity index (χ0) is 10.7. The van der Waals surface area contributed by atoms with Crippen molar-refractivity contribution in [3.8, 4) is 11.4 Å². The lowest BCUT2D eigenvalue weighted by atomic mass is 10.1. The van der Waals surface area contributed by atoms with Crippen LogP contribution in [0.5, 0.6) is 0 Å². The summed E-state index contributed by atoms with van der Waals surface area (Å²) in [7, 11) is 1.59. The molecule has 2 N–H and O–H groups in total. The van der Waals surface area contributed by atoms with E-state index in [0.717, 1.165) is 5.56 Å². The van der Waals surface area contributed by atoms with E-state index in [0.29, 0.717) is 11.4 Å². The fourth-order valence-corrected chi connectivity index (χ4v) is 1.20. The fourth-order valence-electron chi connectivity index (χ4n) is 1.20. The van der Waals surface area contributed by atoms with Crippen molar-refractivity contribution < 1.29 is 4.79 Å². The first-order valence-corrected chi connectivity index (χ1v) is 4.37. The van der Waals surface area contributed by atoms with Gasteiger partial charge in [0.1, 0.15) is 0 Å². The molecule has 0 bridgehead atoms. The summed E-state index contributed by atoms with van der Waals surface area (Å²) in [6.07, 6.45) is 0. The molecule has 1 heterocycles. The zero-order valence-electron chi connectivity index (χ0n) is 8.06. The maximum atomic E-state index is 11.3. The highest BCUT2D eigenvalue weighted by Crippen LogP contribution is 2.13. The number of benzene rings is 1. The van der Waals surface area contributed by atoms with Gasteiger partial charge in [-0.05, 0) is 17.3 Å². The number of hydrogen-bond acceptors (Lipinski definition) is 4. The lowest BCUT2D eigenvalue weighted by Crippen LogP contribution is -2.17. The molecule has 6 heteroatoms. The van der Waals surface area contributed by atoms with E-state index in [1.165, 1.54) is 0 Å². The number of carbonyl (C=O) groups is 1. The summed E-state index contributed by atoms with van der Waals surface area (Å²) in [6, 6.07) is 6.97. The van der Waals surface area contributed by atoms with E-state index in [9.17, 15) is 4.79 Å². The first kappa shape index (κ1) is 9.32. The number of aromatic amines is 1. The van der Waals surface area contributed by atoms with Gasteiger partial charge in [0, 0.05) is 18.2 Å². The standard InChI is InChI=1S/C9H9N5O/c1-10-9(15)7-4-2-6(3-5-7)8-11-13-14-12-8/h2-5H,1H3,(H,10,15)(H,11,12,13,14). The van der Waals surface area contributed by atoms with Crippen molar-refractivity contribution in [2.75, 3.05) is 7.05 Å². The molecule has 0 aliphatic rings. The molecule has 0 aliphatic heterocycles. The van der Waals surface area contributed by atoms with Crippen LogP contribution in [0, 0.1) is 0 Å². The van der Waals surface area contributed by atoms with Gasteiger partial charge in [-0.25, -0.2) is 0 Å². The van der Waals surface area contributed by atoms with Crippen LogP contribution in [0.15, 0.2) is 24.3 Å². The van der Waals surface area contributed by atoms with Crippen LogP contribution < -0.4 is 5.32 Å². The summed E-state index contributed by atoms with van der Waals surface area (Å²) in [5.41, 5.74) is 1.42. The Morgan fingerprint density at radius 2 is 2.07 bits per heavy atom. The number of rotatable bonds is 2. The minimum atomic E-state index is -0.116. The first-order valence-electron chi connectivity index (χ1n) is 4.37. The number of H-pyrrole nitrogens is 1. The maximum absolute atomic E-state index is 11.3. The quantitative estimate of drug-likeness (QED) is 0.731. The van der Waals surface area contributed by atoms with Gasteiger partial charge in [0.15, 0.2) is 0 Å². The SMILES string of the molecule is CNC(=O)c1ccc(-c2nn[nH]n2)cc1. The van der Waals surface area contributed by atoms with Crippen molar-refractivity contribution in [1.29, 1.82) is 0 Å². The van der Waals surface area contributed by atoms with E-state index in [-0.39, 0.29) is 5.91 Å². The average molecular weight is 203 g/mol. The number of tetrazole rings is 1. The van der Waals surface area contributed by atoms with E-state index in [2.05, 4.69) is 25.9 Å². The molecule has 0 aliphatic carbocycles. The first-order chi connectivity index (χ1) is 7.31. The molecule has 0 unspecified atom stereocenters. The van der Waals surface area contributed by atoms with Crippen LogP contribution >= 0.6 is 0 Å². The van der Waals surface area contributed by atoms with Crippen LogP contribution in [0.25, 0.3) is 11.4 Å². The molecule has 0 saturated carbocycles. The Kier molecular flexibility index (Phi) is 2.40. The van der Waals surface area contributed by atoms with Gasteiger partial charge >= 0.3 is 0 Å². The average Bonchev–Trinajstić information content (AvgIpc) is 2.82. The minimum absolute atomic E-state index is 0.116. The summed E-state index contributed by atoms with van der Waals surface area (Å²) in [5, 5.41) is 16.0. The van der Waals surface area contributed by atoms with Crippen LogP contribution in [0.4, 0.5) is 0 Å². The number of nitrogens with zero attached hydrogens (tertiary/aromatic N) is 3. The van der Waals surface area contributed by atoms with Crippen LogP contribution in [0.3, 0.4) is 0 Å². The summed E-state index contributed by atoms with van der Waals surface area (Å²) in [6.45, 7) is 0. The predicted molar refractivity (Wildman–Crippen MR) is 53.0 cm³/mol. The lowest BCUT2D eigenvalue weighted by molar-refractivity contribution is 0.0963. The largest absolute Gasteiger partial charge is 0.355 e. The number of carbonyl (C=O) groups excluding carboxylic acids is 1. The van der Waals surface area contributed by atoms with Gasteiger partial charge in [-0.3, -0.25) is 4.79 Å². The second-order valence-electron chi connectivity index (χ2n) is 2.89. The molecule has 6 nitrogen and oxygen atoms in total. The number of amides is 1. The molecule has 0 saturated heterocycles. The third kappa shape index (κ3) is 1.83. The Hall–Kier alpha value is -2.24. The molecule has 0 fully saturated rings. The topological polar surface area (TPSA) is 83.6 Å². The highest BCUT2D eigenvalue weighted by Gasteiger charge is 2.05. The van der Waals surface area contributed by atoms with E-state index >= 15 is 0 Å². The summed E-state index contributed by atoms with van der Waals surface area (Å²) < 4.78 is 0. The third-order valence-corrected chi connectivity index (χ3v) is 1.98. The van der Waals surface area contributed by atoms with E-state index in [4.69, 9.17) is 0 Å². The molecule has 2 rings (SSSR count). The molecule has 0 spiro atoms. The van der Waals surface area contributed by atoms with Gasteiger partial charge in [0.05, 0.1) is 0 Å².